The van der Waals surface area contributed by atoms with Crippen LogP contribution in [0.3, 0.4) is 0 Å². The number of amides is 1. The molecule has 1 heterocycles. The molecule has 2 aromatic carbocycles. The van der Waals surface area contributed by atoms with E-state index in [4.69, 9.17) is 4.74 Å². The van der Waals surface area contributed by atoms with E-state index >= 15 is 0 Å². The first-order chi connectivity index (χ1) is 9.34. The fraction of sp³-hybridized carbons (Fsp3) is 0.188. The van der Waals surface area contributed by atoms with Crippen LogP contribution in [0.1, 0.15) is 28.4 Å². The summed E-state index contributed by atoms with van der Waals surface area (Å²) in [5.74, 6) is 0.828. The molecule has 96 valence electrons. The molecule has 1 aliphatic heterocycles. The number of hydrogen-bond donors (Lipinski definition) is 1. The number of carbonyl (C=O) groups excluding carboxylic acids is 1. The van der Waals surface area contributed by atoms with Crippen molar-refractivity contribution in [2.45, 2.75) is 12.5 Å². The number of para-hydroxylation sites is 1. The van der Waals surface area contributed by atoms with Crippen LogP contribution in [0.25, 0.3) is 0 Å². The molecule has 19 heavy (non-hydrogen) atoms. The van der Waals surface area contributed by atoms with E-state index in [2.05, 4.69) is 5.32 Å². The summed E-state index contributed by atoms with van der Waals surface area (Å²) in [6, 6.07) is 17.2. The topological polar surface area (TPSA) is 38.3 Å². The van der Waals surface area contributed by atoms with E-state index in [1.54, 1.807) is 0 Å². The summed E-state index contributed by atoms with van der Waals surface area (Å²) >= 11 is 0. The highest BCUT2D eigenvalue weighted by atomic mass is 16.5. The van der Waals surface area contributed by atoms with Crippen LogP contribution < -0.4 is 10.1 Å². The fourth-order valence-corrected chi connectivity index (χ4v) is 2.32. The maximum absolute atomic E-state index is 12.2. The first-order valence-electron chi connectivity index (χ1n) is 6.42. The van der Waals surface area contributed by atoms with Crippen LogP contribution >= 0.6 is 0 Å². The second-order valence-corrected chi connectivity index (χ2v) is 4.57. The van der Waals surface area contributed by atoms with Gasteiger partial charge in [0.15, 0.2) is 0 Å². The Morgan fingerprint density at radius 3 is 2.63 bits per heavy atom. The highest BCUT2D eigenvalue weighted by Gasteiger charge is 2.22. The third kappa shape index (κ3) is 2.45. The Hall–Kier alpha value is -2.29. The quantitative estimate of drug-likeness (QED) is 0.893. The van der Waals surface area contributed by atoms with Gasteiger partial charge in [0.25, 0.3) is 5.91 Å². The minimum absolute atomic E-state index is 0.0256. The van der Waals surface area contributed by atoms with Crippen molar-refractivity contribution in [1.82, 2.24) is 5.32 Å². The van der Waals surface area contributed by atoms with Crippen LogP contribution in [-0.4, -0.2) is 12.5 Å². The molecule has 0 saturated heterocycles. The third-order valence-corrected chi connectivity index (χ3v) is 3.30. The highest BCUT2D eigenvalue weighted by Crippen LogP contribution is 2.31. The van der Waals surface area contributed by atoms with Crippen LogP contribution in [0, 0.1) is 0 Å². The molecule has 1 N–H and O–H groups in total. The number of hydrogen-bond acceptors (Lipinski definition) is 2. The number of rotatable bonds is 2. The van der Waals surface area contributed by atoms with Gasteiger partial charge in [0.2, 0.25) is 0 Å². The molecule has 0 bridgehead atoms. The van der Waals surface area contributed by atoms with Gasteiger partial charge >= 0.3 is 0 Å². The van der Waals surface area contributed by atoms with Crippen molar-refractivity contribution in [3.8, 4) is 5.75 Å². The molecule has 0 saturated carbocycles. The maximum atomic E-state index is 12.2. The summed E-state index contributed by atoms with van der Waals surface area (Å²) in [5, 5.41) is 3.07. The lowest BCUT2D eigenvalue weighted by Gasteiger charge is -2.26. The van der Waals surface area contributed by atoms with E-state index in [9.17, 15) is 4.79 Å². The van der Waals surface area contributed by atoms with Gasteiger partial charge in [-0.25, -0.2) is 0 Å². The van der Waals surface area contributed by atoms with Gasteiger partial charge < -0.3 is 10.1 Å². The molecule has 3 nitrogen and oxygen atoms in total. The van der Waals surface area contributed by atoms with Crippen LogP contribution in [0.5, 0.6) is 5.75 Å². The molecule has 0 aliphatic carbocycles. The van der Waals surface area contributed by atoms with E-state index in [1.807, 2.05) is 54.6 Å². The summed E-state index contributed by atoms with van der Waals surface area (Å²) in [6.07, 6.45) is 0.801. The van der Waals surface area contributed by atoms with Crippen molar-refractivity contribution in [2.75, 3.05) is 6.61 Å². The van der Waals surface area contributed by atoms with Crippen LogP contribution in [0.15, 0.2) is 54.6 Å². The van der Waals surface area contributed by atoms with E-state index in [0.717, 1.165) is 17.7 Å². The van der Waals surface area contributed by atoms with E-state index in [1.165, 1.54) is 0 Å². The highest BCUT2D eigenvalue weighted by molar-refractivity contribution is 5.94. The van der Waals surface area contributed by atoms with Crippen molar-refractivity contribution in [1.29, 1.82) is 0 Å². The lowest BCUT2D eigenvalue weighted by Crippen LogP contribution is -2.32. The van der Waals surface area contributed by atoms with Gasteiger partial charge in [-0.05, 0) is 18.2 Å². The predicted molar refractivity (Wildman–Crippen MR) is 73.2 cm³/mol. The fourth-order valence-electron chi connectivity index (χ4n) is 2.32. The molecule has 1 amide bonds. The van der Waals surface area contributed by atoms with Crippen molar-refractivity contribution >= 4 is 5.91 Å². The molecule has 0 aromatic heterocycles. The standard InChI is InChI=1S/C16H15NO2/c18-16(12-6-2-1-3-7-12)17-14-10-11-19-15-9-5-4-8-13(14)15/h1-9,14H,10-11H2,(H,17,18). The number of ether oxygens (including phenoxy) is 1. The van der Waals surface area contributed by atoms with Gasteiger partial charge in [0.05, 0.1) is 12.6 Å². The third-order valence-electron chi connectivity index (χ3n) is 3.30. The summed E-state index contributed by atoms with van der Waals surface area (Å²) in [5.41, 5.74) is 1.74. The first kappa shape index (κ1) is 11.8. The van der Waals surface area contributed by atoms with Crippen molar-refractivity contribution in [3.63, 3.8) is 0 Å². The maximum Gasteiger partial charge on any atom is 0.251 e. The first-order valence-corrected chi connectivity index (χ1v) is 6.42. The lowest BCUT2D eigenvalue weighted by molar-refractivity contribution is 0.0925. The van der Waals surface area contributed by atoms with Crippen LogP contribution in [0.2, 0.25) is 0 Å². The van der Waals surface area contributed by atoms with E-state index in [-0.39, 0.29) is 11.9 Å². The molecule has 1 aliphatic rings. The zero-order chi connectivity index (χ0) is 13.1. The summed E-state index contributed by atoms with van der Waals surface area (Å²) < 4.78 is 5.59. The zero-order valence-corrected chi connectivity index (χ0v) is 10.5. The Bertz CT molecular complexity index is 580. The monoisotopic (exact) mass is 253 g/mol. The van der Waals surface area contributed by atoms with Gasteiger partial charge in [0.1, 0.15) is 5.75 Å². The predicted octanol–water partition coefficient (Wildman–Crippen LogP) is 2.94. The summed E-state index contributed by atoms with van der Waals surface area (Å²) in [6.45, 7) is 0.636. The Kier molecular flexibility index (Phi) is 3.19. The Balaban J connectivity index is 1.80. The second kappa shape index (κ2) is 5.14. The molecule has 1 atom stereocenters. The second-order valence-electron chi connectivity index (χ2n) is 4.57. The van der Waals surface area contributed by atoms with E-state index < -0.39 is 0 Å². The average Bonchev–Trinajstić information content (AvgIpc) is 2.48. The zero-order valence-electron chi connectivity index (χ0n) is 10.5. The Labute approximate surface area is 112 Å². The smallest absolute Gasteiger partial charge is 0.251 e. The molecule has 0 spiro atoms. The molecule has 2 aromatic rings. The molecule has 0 fully saturated rings. The SMILES string of the molecule is O=C(NC1CCOc2ccccc21)c1ccccc1. The van der Waals surface area contributed by atoms with Crippen molar-refractivity contribution in [3.05, 3.63) is 65.7 Å². The van der Waals surface area contributed by atoms with Gasteiger partial charge in [-0.15, -0.1) is 0 Å². The molecule has 0 radical (unpaired) electrons. The molecule has 3 rings (SSSR count). The number of benzene rings is 2. The van der Waals surface area contributed by atoms with E-state index in [0.29, 0.717) is 12.2 Å². The van der Waals surface area contributed by atoms with Crippen LogP contribution in [-0.2, 0) is 0 Å². The van der Waals surface area contributed by atoms with Gasteiger partial charge in [-0.2, -0.15) is 0 Å². The summed E-state index contributed by atoms with van der Waals surface area (Å²) in [4.78, 5) is 12.2. The summed E-state index contributed by atoms with van der Waals surface area (Å²) in [7, 11) is 0. The minimum Gasteiger partial charge on any atom is -0.493 e. The Morgan fingerprint density at radius 2 is 1.79 bits per heavy atom. The normalized spacial score (nSPS) is 17.2. The van der Waals surface area contributed by atoms with Crippen molar-refractivity contribution < 1.29 is 9.53 Å². The molecular formula is C16H15NO2. The van der Waals surface area contributed by atoms with Gasteiger partial charge in [-0.1, -0.05) is 36.4 Å². The van der Waals surface area contributed by atoms with Gasteiger partial charge in [-0.3, -0.25) is 4.79 Å². The van der Waals surface area contributed by atoms with Crippen LogP contribution in [0.4, 0.5) is 0 Å². The largest absolute Gasteiger partial charge is 0.493 e. The number of carbonyl (C=O) groups is 1. The molecular weight excluding hydrogens is 238 g/mol. The Morgan fingerprint density at radius 1 is 1.05 bits per heavy atom. The minimum atomic E-state index is -0.0395. The lowest BCUT2D eigenvalue weighted by atomic mass is 10.00. The average molecular weight is 253 g/mol. The number of fused-ring (bicyclic) bond motifs is 1. The van der Waals surface area contributed by atoms with Gasteiger partial charge in [0, 0.05) is 17.5 Å². The molecule has 1 unspecified atom stereocenters. The molecule has 3 heteroatoms. The number of nitrogens with one attached hydrogen (secondary N) is 1. The van der Waals surface area contributed by atoms with Crippen molar-refractivity contribution in [2.24, 2.45) is 0 Å².